The number of hydrogen-bond donors (Lipinski definition) is 0. The number of non-ortho nitro benzene ring substituents is 1. The largest absolute Gasteiger partial charge is 0.456 e. The summed E-state index contributed by atoms with van der Waals surface area (Å²) in [6.45, 7) is 1.96. The number of nitro groups is 1. The van der Waals surface area contributed by atoms with Gasteiger partial charge in [-0.2, -0.15) is 75.5 Å². The van der Waals surface area contributed by atoms with Crippen LogP contribution in [0.1, 0.15) is 12.5 Å². The Balaban J connectivity index is -0.0000000617. The van der Waals surface area contributed by atoms with Gasteiger partial charge in [0.1, 0.15) is 0 Å². The number of halogens is 18. The Morgan fingerprint density at radius 2 is 0.905 bits per heavy atom. The summed E-state index contributed by atoms with van der Waals surface area (Å²) in [6.07, 6.45) is 0. The Hall–Kier alpha value is 0.217. The van der Waals surface area contributed by atoms with Crippen molar-refractivity contribution in [1.29, 1.82) is 0 Å². The second-order valence-electron chi connectivity index (χ2n) is 3.92. The van der Waals surface area contributed by atoms with E-state index in [2.05, 4.69) is 16.6 Å². The van der Waals surface area contributed by atoms with Crippen LogP contribution >= 0.6 is 53.1 Å². The third-order valence-corrected chi connectivity index (χ3v) is 1.66. The number of hydrogen-bond acceptors (Lipinski definition) is 4. The van der Waals surface area contributed by atoms with Gasteiger partial charge in [0, 0.05) is 62.6 Å². The van der Waals surface area contributed by atoms with Gasteiger partial charge in [-0.05, 0) is 19.1 Å². The average molecular weight is 953 g/mol. The predicted molar refractivity (Wildman–Crippen MR) is 118 cm³/mol. The zero-order valence-corrected chi connectivity index (χ0v) is 27.4. The molecule has 2 radical (unpaired) electrons. The maximum Gasteiger partial charge on any atom is 0.456 e. The van der Waals surface area contributed by atoms with Crippen molar-refractivity contribution in [2.24, 2.45) is 0 Å². The molecular formula is C11H9F18NO4P6Rh2. The Kier molecular flexibility index (Phi) is 66.6. The second-order valence-corrected chi connectivity index (χ2v) is 6.22. The maximum atomic E-state index is 10.9. The summed E-state index contributed by atoms with van der Waals surface area (Å²) >= 11 is 0. The molecule has 0 heterocycles. The first kappa shape index (κ1) is 61.3. The minimum atomic E-state index is -4.12. The number of rotatable bonds is 2. The van der Waals surface area contributed by atoms with E-state index in [1.807, 2.05) is 0 Å². The van der Waals surface area contributed by atoms with Crippen LogP contribution in [0.2, 0.25) is 0 Å². The third kappa shape index (κ3) is 125. The van der Waals surface area contributed by atoms with Gasteiger partial charge in [-0.1, -0.05) is 5.92 Å². The number of benzene rings is 1. The predicted octanol–water partition coefficient (Wildman–Crippen LogP) is 14.2. The fourth-order valence-electron chi connectivity index (χ4n) is 0.957. The molecule has 1 aromatic rings. The van der Waals surface area contributed by atoms with Gasteiger partial charge in [0.15, 0.2) is 0 Å². The van der Waals surface area contributed by atoms with Gasteiger partial charge < -0.3 is 4.74 Å². The van der Waals surface area contributed by atoms with Crippen LogP contribution in [0.15, 0.2) is 24.3 Å². The van der Waals surface area contributed by atoms with Crippen molar-refractivity contribution in [3.63, 3.8) is 0 Å². The minimum Gasteiger partial charge on any atom is -0.456 e. The molecular weight excluding hydrogens is 944 g/mol. The molecule has 0 saturated carbocycles. The molecule has 0 unspecified atom stereocenters. The normalized spacial score (nSPS) is 8.50. The Bertz CT molecular complexity index is 707. The van der Waals surface area contributed by atoms with Crippen molar-refractivity contribution in [1.82, 2.24) is 0 Å². The van der Waals surface area contributed by atoms with Gasteiger partial charge in [0.25, 0.3) is 5.69 Å². The first-order chi connectivity index (χ1) is 18.0. The van der Waals surface area contributed by atoms with Crippen LogP contribution in [0.4, 0.5) is 81.2 Å². The van der Waals surface area contributed by atoms with Crippen molar-refractivity contribution >= 4 is 64.8 Å². The first-order valence-corrected chi connectivity index (χ1v) is 13.7. The van der Waals surface area contributed by atoms with Crippen molar-refractivity contribution in [2.45, 2.75) is 6.92 Å². The quantitative estimate of drug-likeness (QED) is 0.0563. The molecule has 0 fully saturated rings. The number of carbonyl (C=O) groups excluding carboxylic acids is 1. The standard InChI is InChI=1S/C11H9NO4.6F3P.2Rh/c1-2-16-11(13)8-5-9-3-6-10(7-4-9)12(14)15;6*1-4(2)3;;/h3-4,6-7H,2H2,1H3;;;;;;;;. The summed E-state index contributed by atoms with van der Waals surface area (Å²) < 4.78 is 180. The van der Waals surface area contributed by atoms with E-state index in [-0.39, 0.29) is 51.3 Å². The molecule has 0 aliphatic heterocycles. The van der Waals surface area contributed by atoms with E-state index >= 15 is 0 Å². The van der Waals surface area contributed by atoms with Gasteiger partial charge in [-0.15, -0.1) is 0 Å². The average Bonchev–Trinajstić information content (AvgIpc) is 2.70. The Morgan fingerprint density at radius 3 is 1.10 bits per heavy atom. The molecule has 1 aromatic carbocycles. The fraction of sp³-hybridized carbons (Fsp3) is 0.182. The van der Waals surface area contributed by atoms with Crippen LogP contribution in [0.25, 0.3) is 0 Å². The number of ether oxygens (including phenoxy) is 1. The van der Waals surface area contributed by atoms with E-state index in [0.29, 0.717) is 5.56 Å². The number of carbonyl (C=O) groups is 1. The zero-order chi connectivity index (χ0) is 33.4. The SMILES string of the molecule is CCOC(=O)C#Cc1ccc([N+](=O)[O-])cc1.FP(F)F.FP(F)F.FP(F)F.FP(F)F.FP(F)F.FP(F)F.[Rh].[Rh]. The van der Waals surface area contributed by atoms with Gasteiger partial charge in [-0.25, -0.2) is 4.79 Å². The molecule has 256 valence electrons. The first-order valence-electron chi connectivity index (χ1n) is 7.61. The van der Waals surface area contributed by atoms with E-state index in [0.717, 1.165) is 0 Å². The summed E-state index contributed by atoms with van der Waals surface area (Å²) in [5, 5.41) is 10.4. The smallest absolute Gasteiger partial charge is 0.456 e. The number of esters is 1. The van der Waals surface area contributed by atoms with E-state index < -0.39 is 64.0 Å². The zero-order valence-electron chi connectivity index (χ0n) is 18.8. The molecule has 0 spiro atoms. The molecule has 0 aliphatic carbocycles. The molecule has 42 heavy (non-hydrogen) atoms. The fourth-order valence-corrected chi connectivity index (χ4v) is 0.957. The van der Waals surface area contributed by atoms with Gasteiger partial charge in [-0.3, -0.25) is 10.1 Å². The van der Waals surface area contributed by atoms with Crippen LogP contribution in [0.3, 0.4) is 0 Å². The van der Waals surface area contributed by atoms with Crippen LogP contribution in [-0.4, -0.2) is 17.5 Å². The minimum absolute atomic E-state index is 0. The summed E-state index contributed by atoms with van der Waals surface area (Å²) in [5.41, 5.74) is 0.514. The van der Waals surface area contributed by atoms with E-state index in [4.69, 9.17) is 0 Å². The van der Waals surface area contributed by atoms with E-state index in [1.54, 1.807) is 6.92 Å². The Morgan fingerprint density at radius 1 is 0.667 bits per heavy atom. The molecule has 0 bridgehead atoms. The van der Waals surface area contributed by atoms with Crippen molar-refractivity contribution in [3.8, 4) is 11.8 Å². The van der Waals surface area contributed by atoms with E-state index in [9.17, 15) is 90.5 Å². The third-order valence-electron chi connectivity index (χ3n) is 1.66. The topological polar surface area (TPSA) is 69.4 Å². The van der Waals surface area contributed by atoms with Crippen molar-refractivity contribution in [2.75, 3.05) is 6.61 Å². The molecule has 0 saturated heterocycles. The molecule has 0 aliphatic rings. The van der Waals surface area contributed by atoms with Crippen LogP contribution in [-0.2, 0) is 48.5 Å². The van der Waals surface area contributed by atoms with Crippen LogP contribution in [0, 0.1) is 22.0 Å². The molecule has 1 rings (SSSR count). The van der Waals surface area contributed by atoms with Crippen molar-refractivity contribution in [3.05, 3.63) is 39.9 Å². The summed E-state index contributed by atoms with van der Waals surface area (Å²) in [6, 6.07) is 5.61. The van der Waals surface area contributed by atoms with Gasteiger partial charge in [0.2, 0.25) is 0 Å². The van der Waals surface area contributed by atoms with Crippen LogP contribution in [0.5, 0.6) is 0 Å². The van der Waals surface area contributed by atoms with Gasteiger partial charge >= 0.3 is 59.1 Å². The molecule has 31 heteroatoms. The molecule has 0 N–H and O–H groups in total. The van der Waals surface area contributed by atoms with Crippen LogP contribution < -0.4 is 0 Å². The summed E-state index contributed by atoms with van der Waals surface area (Å²) in [4.78, 5) is 20.7. The maximum absolute atomic E-state index is 10.9. The second kappa shape index (κ2) is 45.6. The van der Waals surface area contributed by atoms with Crippen molar-refractivity contribution < 1.29 is 129 Å². The van der Waals surface area contributed by atoms with Gasteiger partial charge in [0.05, 0.1) is 11.5 Å². The summed E-state index contributed by atoms with van der Waals surface area (Å²) in [7, 11) is -24.7. The molecule has 5 nitrogen and oxygen atoms in total. The monoisotopic (exact) mass is 953 g/mol. The summed E-state index contributed by atoms with van der Waals surface area (Å²) in [5.74, 6) is 4.21. The number of nitro benzene ring substituents is 1. The molecule has 0 aromatic heterocycles. The van der Waals surface area contributed by atoms with E-state index in [1.165, 1.54) is 24.3 Å². The Labute approximate surface area is 258 Å². The molecule has 0 atom stereocenters. The molecule has 0 amide bonds. The number of nitrogens with zero attached hydrogens (tertiary/aromatic N) is 1.